The summed E-state index contributed by atoms with van der Waals surface area (Å²) in [5, 5.41) is 3.60. The van der Waals surface area contributed by atoms with Crippen LogP contribution in [0.15, 0.2) is 54.6 Å². The maximum absolute atomic E-state index is 13.8. The SMILES string of the molecule is CC(C(=O)N1c2ccccc2C(Nc2ccccc2)CC1C)N1C(=O)C2CCCCC2C1=O. The molecule has 3 amide bonds. The number of nitrogens with zero attached hydrogens (tertiary/aromatic N) is 2. The van der Waals surface area contributed by atoms with Crippen molar-refractivity contribution in [2.45, 2.75) is 64.1 Å². The third kappa shape index (κ3) is 3.71. The zero-order chi connectivity index (χ0) is 23.1. The monoisotopic (exact) mass is 445 g/mol. The molecule has 6 heteroatoms. The Bertz CT molecular complexity index is 1050. The number of hydrogen-bond acceptors (Lipinski definition) is 4. The highest BCUT2D eigenvalue weighted by Gasteiger charge is 2.51. The second-order valence-electron chi connectivity index (χ2n) is 9.63. The zero-order valence-electron chi connectivity index (χ0n) is 19.2. The van der Waals surface area contributed by atoms with Gasteiger partial charge in [0.15, 0.2) is 0 Å². The number of amides is 3. The third-order valence-electron chi connectivity index (χ3n) is 7.56. The van der Waals surface area contributed by atoms with Crippen molar-refractivity contribution < 1.29 is 14.4 Å². The van der Waals surface area contributed by atoms with E-state index in [-0.39, 0.29) is 41.6 Å². The largest absolute Gasteiger partial charge is 0.378 e. The van der Waals surface area contributed by atoms with Gasteiger partial charge < -0.3 is 10.2 Å². The topological polar surface area (TPSA) is 69.7 Å². The summed E-state index contributed by atoms with van der Waals surface area (Å²) in [7, 11) is 0. The number of imide groups is 1. The number of carbonyl (C=O) groups excluding carboxylic acids is 3. The number of carbonyl (C=O) groups is 3. The standard InChI is InChI=1S/C27H31N3O3/c1-17-16-23(28-19-10-4-3-5-11-19)22-14-8-9-15-24(22)29(17)25(31)18(2)30-26(32)20-12-6-7-13-21(20)27(30)33/h3-5,8-11,14-15,17-18,20-21,23,28H,6-7,12-13,16H2,1-2H3. The van der Waals surface area contributed by atoms with E-state index in [2.05, 4.69) is 5.32 Å². The van der Waals surface area contributed by atoms with Crippen molar-refractivity contribution in [3.05, 3.63) is 60.2 Å². The van der Waals surface area contributed by atoms with Crippen molar-refractivity contribution in [2.24, 2.45) is 11.8 Å². The number of anilines is 2. The van der Waals surface area contributed by atoms with E-state index in [9.17, 15) is 14.4 Å². The van der Waals surface area contributed by atoms with Crippen molar-refractivity contribution in [1.29, 1.82) is 0 Å². The smallest absolute Gasteiger partial charge is 0.250 e. The quantitative estimate of drug-likeness (QED) is 0.702. The summed E-state index contributed by atoms with van der Waals surface area (Å²) in [6, 6.07) is 17.2. The fourth-order valence-electron chi connectivity index (χ4n) is 5.90. The number of nitrogens with one attached hydrogen (secondary N) is 1. The van der Waals surface area contributed by atoms with Gasteiger partial charge in [-0.3, -0.25) is 19.3 Å². The van der Waals surface area contributed by atoms with Crippen LogP contribution < -0.4 is 10.2 Å². The molecule has 33 heavy (non-hydrogen) atoms. The normalized spacial score (nSPS) is 27.7. The van der Waals surface area contributed by atoms with Crippen LogP contribution in [0.1, 0.15) is 57.6 Å². The van der Waals surface area contributed by atoms with E-state index in [1.54, 1.807) is 11.8 Å². The maximum Gasteiger partial charge on any atom is 0.250 e. The van der Waals surface area contributed by atoms with Gasteiger partial charge in [0.05, 0.1) is 17.9 Å². The molecule has 3 aliphatic rings. The fraction of sp³-hybridized carbons (Fsp3) is 0.444. The van der Waals surface area contributed by atoms with Crippen LogP contribution in [0, 0.1) is 11.8 Å². The van der Waals surface area contributed by atoms with Gasteiger partial charge in [0.25, 0.3) is 0 Å². The first-order valence-electron chi connectivity index (χ1n) is 12.1. The van der Waals surface area contributed by atoms with Gasteiger partial charge >= 0.3 is 0 Å². The van der Waals surface area contributed by atoms with Crippen molar-refractivity contribution in [3.8, 4) is 0 Å². The molecule has 1 saturated heterocycles. The zero-order valence-corrected chi connectivity index (χ0v) is 19.2. The fourth-order valence-corrected chi connectivity index (χ4v) is 5.90. The summed E-state index contributed by atoms with van der Waals surface area (Å²) >= 11 is 0. The summed E-state index contributed by atoms with van der Waals surface area (Å²) in [4.78, 5) is 43.0. The number of hydrogen-bond donors (Lipinski definition) is 1. The van der Waals surface area contributed by atoms with Gasteiger partial charge in [0.2, 0.25) is 17.7 Å². The van der Waals surface area contributed by atoms with Crippen LogP contribution in [-0.2, 0) is 14.4 Å². The minimum absolute atomic E-state index is 0.0656. The van der Waals surface area contributed by atoms with Gasteiger partial charge in [-0.05, 0) is 56.9 Å². The molecule has 0 bridgehead atoms. The highest BCUT2D eigenvalue weighted by molar-refractivity contribution is 6.10. The van der Waals surface area contributed by atoms with Crippen molar-refractivity contribution in [2.75, 3.05) is 10.2 Å². The number of rotatable bonds is 4. The Balaban J connectivity index is 1.42. The first-order valence-corrected chi connectivity index (χ1v) is 12.1. The molecule has 0 radical (unpaired) electrons. The first-order chi connectivity index (χ1) is 16.0. The minimum Gasteiger partial charge on any atom is -0.378 e. The van der Waals surface area contributed by atoms with Crippen LogP contribution in [-0.4, -0.2) is 34.7 Å². The molecule has 0 spiro atoms. The summed E-state index contributed by atoms with van der Waals surface area (Å²) in [6.45, 7) is 3.74. The molecular weight excluding hydrogens is 414 g/mol. The predicted octanol–water partition coefficient (Wildman–Crippen LogP) is 4.53. The van der Waals surface area contributed by atoms with Crippen molar-refractivity contribution in [1.82, 2.24) is 4.90 Å². The average molecular weight is 446 g/mol. The average Bonchev–Trinajstić information content (AvgIpc) is 3.09. The van der Waals surface area contributed by atoms with Crippen LogP contribution in [0.3, 0.4) is 0 Å². The molecule has 6 nitrogen and oxygen atoms in total. The first kappa shape index (κ1) is 21.7. The molecule has 1 saturated carbocycles. The van der Waals surface area contributed by atoms with Crippen LogP contribution in [0.25, 0.3) is 0 Å². The van der Waals surface area contributed by atoms with Gasteiger partial charge in [-0.2, -0.15) is 0 Å². The summed E-state index contributed by atoms with van der Waals surface area (Å²) < 4.78 is 0. The number of benzene rings is 2. The van der Waals surface area contributed by atoms with E-state index in [0.29, 0.717) is 0 Å². The Labute approximate surface area is 194 Å². The molecule has 172 valence electrons. The lowest BCUT2D eigenvalue weighted by Crippen LogP contribution is -2.54. The summed E-state index contributed by atoms with van der Waals surface area (Å²) in [5.41, 5.74) is 2.93. The number of para-hydroxylation sites is 2. The molecule has 5 rings (SSSR count). The number of likely N-dealkylation sites (tertiary alicyclic amines) is 1. The summed E-state index contributed by atoms with van der Waals surface area (Å²) in [5.74, 6) is -0.994. The van der Waals surface area contributed by atoms with E-state index in [1.165, 1.54) is 4.90 Å². The highest BCUT2D eigenvalue weighted by atomic mass is 16.2. The molecule has 1 aliphatic carbocycles. The molecule has 2 fully saturated rings. The molecule has 1 N–H and O–H groups in total. The second-order valence-corrected chi connectivity index (χ2v) is 9.63. The lowest BCUT2D eigenvalue weighted by molar-refractivity contribution is -0.146. The second kappa shape index (κ2) is 8.65. The van der Waals surface area contributed by atoms with Crippen molar-refractivity contribution >= 4 is 29.1 Å². The molecule has 2 heterocycles. The molecular formula is C27H31N3O3. The van der Waals surface area contributed by atoms with Gasteiger partial charge in [-0.15, -0.1) is 0 Å². The minimum atomic E-state index is -0.801. The molecule has 2 aliphatic heterocycles. The number of fused-ring (bicyclic) bond motifs is 2. The Kier molecular flexibility index (Phi) is 5.69. The summed E-state index contributed by atoms with van der Waals surface area (Å²) in [6.07, 6.45) is 4.19. The van der Waals surface area contributed by atoms with Crippen molar-refractivity contribution in [3.63, 3.8) is 0 Å². The molecule has 2 aromatic rings. The van der Waals surface area contributed by atoms with E-state index < -0.39 is 6.04 Å². The van der Waals surface area contributed by atoms with Gasteiger partial charge in [0, 0.05) is 17.4 Å². The van der Waals surface area contributed by atoms with E-state index in [0.717, 1.165) is 49.0 Å². The van der Waals surface area contributed by atoms with Gasteiger partial charge in [0.1, 0.15) is 6.04 Å². The molecule has 0 aromatic heterocycles. The van der Waals surface area contributed by atoms with E-state index in [4.69, 9.17) is 0 Å². The van der Waals surface area contributed by atoms with Crippen LogP contribution in [0.4, 0.5) is 11.4 Å². The van der Waals surface area contributed by atoms with Crippen LogP contribution >= 0.6 is 0 Å². The molecule has 2 aromatic carbocycles. The van der Waals surface area contributed by atoms with Crippen LogP contribution in [0.5, 0.6) is 0 Å². The Morgan fingerprint density at radius 3 is 2.21 bits per heavy atom. The van der Waals surface area contributed by atoms with E-state index >= 15 is 0 Å². The maximum atomic E-state index is 13.8. The Morgan fingerprint density at radius 2 is 1.55 bits per heavy atom. The Morgan fingerprint density at radius 1 is 0.939 bits per heavy atom. The van der Waals surface area contributed by atoms with Gasteiger partial charge in [-0.1, -0.05) is 49.2 Å². The lowest BCUT2D eigenvalue weighted by atomic mass is 9.81. The Hall–Kier alpha value is -3.15. The predicted molar refractivity (Wildman–Crippen MR) is 128 cm³/mol. The third-order valence-corrected chi connectivity index (χ3v) is 7.56. The highest BCUT2D eigenvalue weighted by Crippen LogP contribution is 2.42. The molecule has 5 unspecified atom stereocenters. The van der Waals surface area contributed by atoms with Gasteiger partial charge in [-0.25, -0.2) is 0 Å². The van der Waals surface area contributed by atoms with Crippen LogP contribution in [0.2, 0.25) is 0 Å². The lowest BCUT2D eigenvalue weighted by Gasteiger charge is -2.41. The van der Waals surface area contributed by atoms with E-state index in [1.807, 2.05) is 61.5 Å². The molecule has 5 atom stereocenters.